The second-order valence-electron chi connectivity index (χ2n) is 5.53. The molecule has 0 radical (unpaired) electrons. The summed E-state index contributed by atoms with van der Waals surface area (Å²) in [5, 5.41) is 3.31. The van der Waals surface area contributed by atoms with Crippen LogP contribution in [0.15, 0.2) is 24.4 Å². The summed E-state index contributed by atoms with van der Waals surface area (Å²) in [6, 6.07) is 3.38. The molecule has 1 aromatic heterocycles. The standard InChI is InChI=1S/C16H16F3N3O2S/c1-10-20-9-14(25-10)15(23)21-12-8-11(16(17,18)19)2-3-13(12)22-4-6-24-7-5-22/h2-3,8-9H,4-7H2,1H3,(H,21,23). The Labute approximate surface area is 146 Å². The van der Waals surface area contributed by atoms with Crippen LogP contribution in [0.1, 0.15) is 20.2 Å². The van der Waals surface area contributed by atoms with E-state index < -0.39 is 17.6 Å². The number of nitrogens with zero attached hydrogens (tertiary/aromatic N) is 2. The van der Waals surface area contributed by atoms with Gasteiger partial charge in [0, 0.05) is 13.1 Å². The number of carbonyl (C=O) groups is 1. The third-order valence-corrected chi connectivity index (χ3v) is 4.68. The minimum atomic E-state index is -4.48. The summed E-state index contributed by atoms with van der Waals surface area (Å²) in [4.78, 5) is 18.6. The van der Waals surface area contributed by atoms with Crippen LogP contribution in [0.25, 0.3) is 0 Å². The fourth-order valence-electron chi connectivity index (χ4n) is 2.54. The van der Waals surface area contributed by atoms with Gasteiger partial charge in [-0.15, -0.1) is 11.3 Å². The molecule has 134 valence electrons. The van der Waals surface area contributed by atoms with Crippen molar-refractivity contribution in [2.75, 3.05) is 36.5 Å². The molecular weight excluding hydrogens is 355 g/mol. The molecule has 0 spiro atoms. The molecule has 1 aliphatic heterocycles. The quantitative estimate of drug-likeness (QED) is 0.896. The number of alkyl halides is 3. The van der Waals surface area contributed by atoms with Crippen LogP contribution in [0, 0.1) is 6.92 Å². The van der Waals surface area contributed by atoms with Crippen molar-refractivity contribution in [1.82, 2.24) is 4.98 Å². The van der Waals surface area contributed by atoms with E-state index in [2.05, 4.69) is 10.3 Å². The fourth-order valence-corrected chi connectivity index (χ4v) is 3.22. The van der Waals surface area contributed by atoms with Gasteiger partial charge in [-0.05, 0) is 25.1 Å². The third-order valence-electron chi connectivity index (χ3n) is 3.77. The summed E-state index contributed by atoms with van der Waals surface area (Å²) >= 11 is 1.19. The number of morpholine rings is 1. The van der Waals surface area contributed by atoms with Crippen molar-refractivity contribution in [3.05, 3.63) is 39.8 Å². The van der Waals surface area contributed by atoms with Crippen LogP contribution in [0.4, 0.5) is 24.5 Å². The number of carbonyl (C=O) groups excluding carboxylic acids is 1. The van der Waals surface area contributed by atoms with E-state index in [0.717, 1.165) is 12.1 Å². The molecule has 3 rings (SSSR count). The Morgan fingerprint density at radius 3 is 2.64 bits per heavy atom. The number of hydrogen-bond donors (Lipinski definition) is 1. The van der Waals surface area contributed by atoms with Gasteiger partial charge in [0.1, 0.15) is 4.88 Å². The Balaban J connectivity index is 1.93. The maximum Gasteiger partial charge on any atom is 0.416 e. The van der Waals surface area contributed by atoms with Gasteiger partial charge in [0.15, 0.2) is 0 Å². The molecule has 0 unspecified atom stereocenters. The third kappa shape index (κ3) is 4.10. The van der Waals surface area contributed by atoms with Crippen molar-refractivity contribution in [2.45, 2.75) is 13.1 Å². The predicted octanol–water partition coefficient (Wildman–Crippen LogP) is 3.56. The number of aromatic nitrogens is 1. The van der Waals surface area contributed by atoms with Crippen molar-refractivity contribution in [3.63, 3.8) is 0 Å². The van der Waals surface area contributed by atoms with Gasteiger partial charge in [-0.3, -0.25) is 4.79 Å². The molecule has 2 aromatic rings. The lowest BCUT2D eigenvalue weighted by molar-refractivity contribution is -0.137. The Hall–Kier alpha value is -2.13. The number of anilines is 2. The fraction of sp³-hybridized carbons (Fsp3) is 0.375. The van der Waals surface area contributed by atoms with Crippen LogP contribution in [0.2, 0.25) is 0 Å². The lowest BCUT2D eigenvalue weighted by atomic mass is 10.1. The first-order valence-electron chi connectivity index (χ1n) is 7.62. The van der Waals surface area contributed by atoms with Gasteiger partial charge >= 0.3 is 6.18 Å². The molecule has 1 N–H and O–H groups in total. The summed E-state index contributed by atoms with van der Waals surface area (Å²) in [5.74, 6) is -0.473. The smallest absolute Gasteiger partial charge is 0.378 e. The highest BCUT2D eigenvalue weighted by Crippen LogP contribution is 2.36. The number of ether oxygens (including phenoxy) is 1. The van der Waals surface area contributed by atoms with Crippen molar-refractivity contribution in [3.8, 4) is 0 Å². The monoisotopic (exact) mass is 371 g/mol. The first kappa shape index (κ1) is 17.7. The molecule has 1 aliphatic rings. The summed E-state index contributed by atoms with van der Waals surface area (Å²) < 4.78 is 44.4. The number of thiazole rings is 1. The molecule has 1 fully saturated rings. The number of halogens is 3. The minimum Gasteiger partial charge on any atom is -0.378 e. The summed E-state index contributed by atoms with van der Waals surface area (Å²) in [5.41, 5.74) is -0.126. The minimum absolute atomic E-state index is 0.132. The van der Waals surface area contributed by atoms with E-state index in [9.17, 15) is 18.0 Å². The average molecular weight is 371 g/mol. The zero-order valence-electron chi connectivity index (χ0n) is 13.4. The van der Waals surface area contributed by atoms with Gasteiger partial charge in [-0.2, -0.15) is 13.2 Å². The SMILES string of the molecule is Cc1ncc(C(=O)Nc2cc(C(F)(F)F)ccc2N2CCOCC2)s1. The number of hydrogen-bond acceptors (Lipinski definition) is 5. The summed E-state index contributed by atoms with van der Waals surface area (Å²) in [6.07, 6.45) is -3.07. The first-order valence-corrected chi connectivity index (χ1v) is 8.44. The normalized spacial score (nSPS) is 15.3. The topological polar surface area (TPSA) is 54.5 Å². The number of nitrogens with one attached hydrogen (secondary N) is 1. The van der Waals surface area contributed by atoms with Gasteiger partial charge < -0.3 is 15.0 Å². The van der Waals surface area contributed by atoms with Crippen molar-refractivity contribution in [1.29, 1.82) is 0 Å². The van der Waals surface area contributed by atoms with Crippen molar-refractivity contribution >= 4 is 28.6 Å². The van der Waals surface area contributed by atoms with Crippen LogP contribution in [0.3, 0.4) is 0 Å². The Morgan fingerprint density at radius 2 is 2.04 bits per heavy atom. The molecule has 1 aromatic carbocycles. The lowest BCUT2D eigenvalue weighted by Crippen LogP contribution is -2.36. The number of amides is 1. The van der Waals surface area contributed by atoms with Gasteiger partial charge in [-0.25, -0.2) is 4.98 Å². The van der Waals surface area contributed by atoms with E-state index in [1.54, 1.807) is 6.92 Å². The van der Waals surface area contributed by atoms with Gasteiger partial charge in [0.25, 0.3) is 5.91 Å². The van der Waals surface area contributed by atoms with Crippen LogP contribution in [-0.2, 0) is 10.9 Å². The Kier molecular flexibility index (Phi) is 4.96. The van der Waals surface area contributed by atoms with E-state index in [-0.39, 0.29) is 5.69 Å². The highest BCUT2D eigenvalue weighted by atomic mass is 32.1. The summed E-state index contributed by atoms with van der Waals surface area (Å²) in [6.45, 7) is 3.83. The van der Waals surface area contributed by atoms with Gasteiger partial charge in [0.05, 0.1) is 41.4 Å². The molecular formula is C16H16F3N3O2S. The van der Waals surface area contributed by atoms with E-state index in [0.29, 0.717) is 41.9 Å². The highest BCUT2D eigenvalue weighted by Gasteiger charge is 2.32. The van der Waals surface area contributed by atoms with Gasteiger partial charge in [0.2, 0.25) is 0 Å². The second kappa shape index (κ2) is 7.01. The maximum absolute atomic E-state index is 13.1. The Morgan fingerprint density at radius 1 is 1.32 bits per heavy atom. The van der Waals surface area contributed by atoms with E-state index in [1.807, 2.05) is 4.90 Å². The molecule has 1 amide bonds. The molecule has 0 bridgehead atoms. The zero-order valence-corrected chi connectivity index (χ0v) is 14.2. The second-order valence-corrected chi connectivity index (χ2v) is 6.76. The van der Waals surface area contributed by atoms with Crippen LogP contribution < -0.4 is 10.2 Å². The molecule has 2 heterocycles. The van der Waals surface area contributed by atoms with Gasteiger partial charge in [-0.1, -0.05) is 0 Å². The van der Waals surface area contributed by atoms with Crippen LogP contribution >= 0.6 is 11.3 Å². The Bertz CT molecular complexity index is 770. The molecule has 5 nitrogen and oxygen atoms in total. The van der Waals surface area contributed by atoms with Crippen LogP contribution in [-0.4, -0.2) is 37.2 Å². The molecule has 0 atom stereocenters. The molecule has 0 saturated carbocycles. The van der Waals surface area contributed by atoms with E-state index >= 15 is 0 Å². The molecule has 9 heteroatoms. The molecule has 0 aliphatic carbocycles. The van der Waals surface area contributed by atoms with E-state index in [1.165, 1.54) is 23.6 Å². The average Bonchev–Trinajstić information content (AvgIpc) is 3.01. The maximum atomic E-state index is 13.1. The van der Waals surface area contributed by atoms with E-state index in [4.69, 9.17) is 4.74 Å². The number of benzene rings is 1. The largest absolute Gasteiger partial charge is 0.416 e. The first-order chi connectivity index (χ1) is 11.8. The van der Waals surface area contributed by atoms with Crippen LogP contribution in [0.5, 0.6) is 0 Å². The predicted molar refractivity (Wildman–Crippen MR) is 89.3 cm³/mol. The summed E-state index contributed by atoms with van der Waals surface area (Å²) in [7, 11) is 0. The highest BCUT2D eigenvalue weighted by molar-refractivity contribution is 7.13. The molecule has 25 heavy (non-hydrogen) atoms. The number of aryl methyl sites for hydroxylation is 1. The van der Waals surface area contributed by atoms with Crippen molar-refractivity contribution < 1.29 is 22.7 Å². The number of rotatable bonds is 3. The van der Waals surface area contributed by atoms with Crippen molar-refractivity contribution in [2.24, 2.45) is 0 Å². The lowest BCUT2D eigenvalue weighted by Gasteiger charge is -2.31. The zero-order chi connectivity index (χ0) is 18.0. The molecule has 1 saturated heterocycles.